The van der Waals surface area contributed by atoms with Crippen LogP contribution in [0.3, 0.4) is 0 Å². The van der Waals surface area contributed by atoms with Crippen LogP contribution in [-0.4, -0.2) is 42.0 Å². The minimum atomic E-state index is -0.234. The van der Waals surface area contributed by atoms with Crippen molar-refractivity contribution in [1.82, 2.24) is 5.32 Å². The van der Waals surface area contributed by atoms with E-state index >= 15 is 0 Å². The standard InChI is InChI=1S/C33H44N2O3/c1-22(37)34-33(15-5-19-36)16-14-28-29-12-8-24-20-26(38)11-13-27(24)32(29)30(21-31(28)33)23-6-9-25(10-7-23)35-17-3-2-4-18-35/h6-7,9-10,20,27-28,30-31,36H,2-5,8,11-19,21H2,1H3,(H,34,37)/t27?,28?,30-,31?,33+/m1/s1. The van der Waals surface area contributed by atoms with Crippen molar-refractivity contribution < 1.29 is 14.7 Å². The summed E-state index contributed by atoms with van der Waals surface area (Å²) in [5.41, 5.74) is 7.10. The van der Waals surface area contributed by atoms with Crippen molar-refractivity contribution in [3.8, 4) is 0 Å². The number of anilines is 1. The summed E-state index contributed by atoms with van der Waals surface area (Å²) in [6.07, 6.45) is 14.2. The van der Waals surface area contributed by atoms with Crippen LogP contribution in [0.4, 0.5) is 5.69 Å². The minimum Gasteiger partial charge on any atom is -0.396 e. The number of nitrogens with zero attached hydrogens (tertiary/aromatic N) is 1. The van der Waals surface area contributed by atoms with Gasteiger partial charge in [0.25, 0.3) is 0 Å². The average molecular weight is 517 g/mol. The molecule has 4 aliphatic carbocycles. The van der Waals surface area contributed by atoms with Gasteiger partial charge in [0.1, 0.15) is 0 Å². The summed E-state index contributed by atoms with van der Waals surface area (Å²) in [5.74, 6) is 1.95. The second-order valence-corrected chi connectivity index (χ2v) is 12.6. The first-order valence-electron chi connectivity index (χ1n) is 15.2. The highest BCUT2D eigenvalue weighted by molar-refractivity contribution is 5.91. The molecule has 1 aromatic carbocycles. The second-order valence-electron chi connectivity index (χ2n) is 12.6. The van der Waals surface area contributed by atoms with Crippen molar-refractivity contribution in [2.45, 2.75) is 95.4 Å². The first-order chi connectivity index (χ1) is 18.5. The van der Waals surface area contributed by atoms with Gasteiger partial charge in [0.2, 0.25) is 5.91 Å². The summed E-state index contributed by atoms with van der Waals surface area (Å²) < 4.78 is 0. The predicted octanol–water partition coefficient (Wildman–Crippen LogP) is 5.83. The SMILES string of the molecule is CC(=O)N[C@@]1(CCCO)CCC2C3=C(C4CCC(=O)C=C4CC3)[C@@H](c3ccc(N4CCCCC4)cc3)CC21. The molecule has 5 nitrogen and oxygen atoms in total. The number of fused-ring (bicyclic) bond motifs is 4. The number of carbonyl (C=O) groups is 2. The van der Waals surface area contributed by atoms with E-state index < -0.39 is 0 Å². The molecule has 0 aromatic heterocycles. The van der Waals surface area contributed by atoms with E-state index in [4.69, 9.17) is 0 Å². The number of allylic oxidation sites excluding steroid dienone is 4. The lowest BCUT2D eigenvalue weighted by atomic mass is 9.58. The molecule has 204 valence electrons. The molecule has 5 atom stereocenters. The van der Waals surface area contributed by atoms with E-state index in [-0.39, 0.29) is 18.1 Å². The third-order valence-electron chi connectivity index (χ3n) is 10.5. The van der Waals surface area contributed by atoms with Gasteiger partial charge in [-0.15, -0.1) is 0 Å². The van der Waals surface area contributed by atoms with Gasteiger partial charge in [-0.1, -0.05) is 28.9 Å². The average Bonchev–Trinajstić information content (AvgIpc) is 3.29. The van der Waals surface area contributed by atoms with Gasteiger partial charge >= 0.3 is 0 Å². The molecule has 3 unspecified atom stereocenters. The lowest BCUT2D eigenvalue weighted by Gasteiger charge is -2.49. The molecule has 0 radical (unpaired) electrons. The molecule has 1 aliphatic heterocycles. The highest BCUT2D eigenvalue weighted by atomic mass is 16.3. The summed E-state index contributed by atoms with van der Waals surface area (Å²) in [4.78, 5) is 27.3. The van der Waals surface area contributed by atoms with Crippen molar-refractivity contribution in [3.63, 3.8) is 0 Å². The molecule has 1 saturated carbocycles. The fraction of sp³-hybridized carbons (Fsp3) is 0.636. The molecule has 1 saturated heterocycles. The highest BCUT2D eigenvalue weighted by Gasteiger charge is 2.54. The van der Waals surface area contributed by atoms with Crippen LogP contribution in [0.15, 0.2) is 47.1 Å². The van der Waals surface area contributed by atoms with Crippen molar-refractivity contribution in [2.75, 3.05) is 24.6 Å². The molecule has 2 fully saturated rings. The van der Waals surface area contributed by atoms with Crippen LogP contribution >= 0.6 is 0 Å². The van der Waals surface area contributed by atoms with E-state index in [1.807, 2.05) is 6.08 Å². The third kappa shape index (κ3) is 4.65. The van der Waals surface area contributed by atoms with E-state index in [9.17, 15) is 14.7 Å². The Balaban J connectivity index is 1.40. The van der Waals surface area contributed by atoms with Crippen LogP contribution in [0.2, 0.25) is 0 Å². The normalized spacial score (nSPS) is 32.8. The molecule has 6 rings (SSSR count). The molecule has 0 bridgehead atoms. The van der Waals surface area contributed by atoms with E-state index in [0.717, 1.165) is 64.5 Å². The lowest BCUT2D eigenvalue weighted by Crippen LogP contribution is -2.53. The lowest BCUT2D eigenvalue weighted by molar-refractivity contribution is -0.121. The Hall–Kier alpha value is -2.40. The number of ketones is 1. The van der Waals surface area contributed by atoms with Gasteiger partial charge in [0, 0.05) is 56.1 Å². The van der Waals surface area contributed by atoms with Crippen molar-refractivity contribution in [1.29, 1.82) is 0 Å². The molecular formula is C33H44N2O3. The van der Waals surface area contributed by atoms with Crippen LogP contribution in [0.25, 0.3) is 0 Å². The van der Waals surface area contributed by atoms with Crippen LogP contribution in [0, 0.1) is 17.8 Å². The predicted molar refractivity (Wildman–Crippen MR) is 151 cm³/mol. The van der Waals surface area contributed by atoms with Crippen LogP contribution in [0.1, 0.15) is 95.5 Å². The first kappa shape index (κ1) is 25.9. The molecule has 38 heavy (non-hydrogen) atoms. The number of hydrogen-bond acceptors (Lipinski definition) is 4. The van der Waals surface area contributed by atoms with Crippen LogP contribution in [-0.2, 0) is 9.59 Å². The van der Waals surface area contributed by atoms with Gasteiger partial charge in [-0.05, 0) is 106 Å². The van der Waals surface area contributed by atoms with E-state index in [2.05, 4.69) is 34.5 Å². The Morgan fingerprint density at radius 2 is 1.84 bits per heavy atom. The molecule has 2 N–H and O–H groups in total. The largest absolute Gasteiger partial charge is 0.396 e. The number of carbonyl (C=O) groups excluding carboxylic acids is 2. The number of nitrogens with one attached hydrogen (secondary N) is 1. The number of amides is 1. The Labute approximate surface area is 227 Å². The Morgan fingerprint density at radius 1 is 1.05 bits per heavy atom. The molecular weight excluding hydrogens is 472 g/mol. The van der Waals surface area contributed by atoms with Gasteiger partial charge in [-0.25, -0.2) is 0 Å². The third-order valence-corrected chi connectivity index (χ3v) is 10.5. The Morgan fingerprint density at radius 3 is 2.58 bits per heavy atom. The van der Waals surface area contributed by atoms with Gasteiger partial charge in [0.05, 0.1) is 0 Å². The van der Waals surface area contributed by atoms with E-state index in [1.165, 1.54) is 36.1 Å². The van der Waals surface area contributed by atoms with Crippen molar-refractivity contribution >= 4 is 17.4 Å². The maximum atomic E-state index is 12.5. The molecule has 1 amide bonds. The summed E-state index contributed by atoms with van der Waals surface area (Å²) in [5, 5.41) is 13.1. The molecule has 5 aliphatic rings. The zero-order chi connectivity index (χ0) is 26.3. The quantitative estimate of drug-likeness (QED) is 0.467. The maximum absolute atomic E-state index is 12.5. The minimum absolute atomic E-state index is 0.0467. The maximum Gasteiger partial charge on any atom is 0.217 e. The number of aliphatic hydroxyl groups is 1. The van der Waals surface area contributed by atoms with Crippen LogP contribution < -0.4 is 10.2 Å². The zero-order valence-electron chi connectivity index (χ0n) is 23.0. The number of rotatable bonds is 6. The first-order valence-corrected chi connectivity index (χ1v) is 15.2. The summed E-state index contributed by atoms with van der Waals surface area (Å²) in [6.45, 7) is 4.11. The molecule has 0 spiro atoms. The van der Waals surface area contributed by atoms with Crippen molar-refractivity contribution in [3.05, 3.63) is 52.6 Å². The summed E-state index contributed by atoms with van der Waals surface area (Å²) in [6, 6.07) is 9.40. The van der Waals surface area contributed by atoms with Crippen molar-refractivity contribution in [2.24, 2.45) is 17.8 Å². The van der Waals surface area contributed by atoms with E-state index in [0.29, 0.717) is 35.9 Å². The van der Waals surface area contributed by atoms with Gasteiger partial charge in [-0.3, -0.25) is 9.59 Å². The Kier molecular flexibility index (Phi) is 7.24. The number of hydrogen-bond donors (Lipinski definition) is 2. The fourth-order valence-corrected chi connectivity index (χ4v) is 9.00. The highest BCUT2D eigenvalue weighted by Crippen LogP contribution is 2.61. The number of aliphatic hydroxyl groups excluding tert-OH is 1. The number of piperidine rings is 1. The molecule has 1 aromatic rings. The van der Waals surface area contributed by atoms with Gasteiger partial charge in [0.15, 0.2) is 5.78 Å². The second kappa shape index (κ2) is 10.6. The van der Waals surface area contributed by atoms with Crippen LogP contribution in [0.5, 0.6) is 0 Å². The fourth-order valence-electron chi connectivity index (χ4n) is 9.00. The summed E-state index contributed by atoms with van der Waals surface area (Å²) in [7, 11) is 0. The summed E-state index contributed by atoms with van der Waals surface area (Å²) >= 11 is 0. The van der Waals surface area contributed by atoms with Gasteiger partial charge < -0.3 is 15.3 Å². The van der Waals surface area contributed by atoms with Gasteiger partial charge in [-0.2, -0.15) is 0 Å². The molecule has 5 heteroatoms. The number of benzene rings is 1. The van der Waals surface area contributed by atoms with E-state index in [1.54, 1.807) is 18.1 Å². The smallest absolute Gasteiger partial charge is 0.217 e. The zero-order valence-corrected chi connectivity index (χ0v) is 23.0. The Bertz CT molecular complexity index is 1130. The molecule has 1 heterocycles. The monoisotopic (exact) mass is 516 g/mol. The topological polar surface area (TPSA) is 69.6 Å².